The number of benzene rings is 1. The third-order valence-electron chi connectivity index (χ3n) is 7.04. The molecule has 8 heteroatoms. The van der Waals surface area contributed by atoms with E-state index in [1.165, 1.54) is 6.92 Å². The molecule has 1 aromatic rings. The minimum atomic E-state index is -3.63. The lowest BCUT2D eigenvalue weighted by atomic mass is 9.81. The van der Waals surface area contributed by atoms with E-state index < -0.39 is 10.0 Å². The van der Waals surface area contributed by atoms with Crippen molar-refractivity contribution >= 4 is 27.5 Å². The Kier molecular flexibility index (Phi) is 7.34. The van der Waals surface area contributed by atoms with Gasteiger partial charge in [-0.15, -0.1) is 0 Å². The maximum absolute atomic E-state index is 12.9. The van der Waals surface area contributed by atoms with Gasteiger partial charge >= 0.3 is 0 Å². The summed E-state index contributed by atoms with van der Waals surface area (Å²) in [4.78, 5) is 26.4. The lowest BCUT2D eigenvalue weighted by Crippen LogP contribution is -2.46. The summed E-state index contributed by atoms with van der Waals surface area (Å²) in [7, 11) is -3.63. The maximum Gasteiger partial charge on any atom is 0.240 e. The molecule has 1 atom stereocenters. The average Bonchev–Trinajstić information content (AvgIpc) is 3.07. The van der Waals surface area contributed by atoms with Crippen molar-refractivity contribution < 1.29 is 18.0 Å². The number of fused-ring (bicyclic) bond motifs is 1. The predicted molar refractivity (Wildman–Crippen MR) is 126 cm³/mol. The van der Waals surface area contributed by atoms with Crippen molar-refractivity contribution in [1.82, 2.24) is 10.0 Å². The molecule has 2 aliphatic rings. The van der Waals surface area contributed by atoms with E-state index in [2.05, 4.69) is 17.0 Å². The number of anilines is 1. The maximum atomic E-state index is 12.9. The van der Waals surface area contributed by atoms with Crippen LogP contribution in [0.5, 0.6) is 0 Å². The molecule has 1 fully saturated rings. The second-order valence-corrected chi connectivity index (χ2v) is 11.8. The minimum Gasteiger partial charge on any atom is -0.351 e. The van der Waals surface area contributed by atoms with E-state index in [1.807, 2.05) is 20.8 Å². The van der Waals surface area contributed by atoms with E-state index in [4.69, 9.17) is 0 Å². The Morgan fingerprint density at radius 3 is 2.41 bits per heavy atom. The molecule has 0 unspecified atom stereocenters. The van der Waals surface area contributed by atoms with Crippen LogP contribution in [-0.4, -0.2) is 38.4 Å². The highest BCUT2D eigenvalue weighted by Gasteiger charge is 2.32. The van der Waals surface area contributed by atoms with E-state index in [0.29, 0.717) is 13.0 Å². The van der Waals surface area contributed by atoms with Gasteiger partial charge in [0.25, 0.3) is 0 Å². The fraction of sp³-hybridized carbons (Fsp3) is 0.667. The molecule has 178 valence electrons. The molecule has 3 rings (SSSR count). The number of sulfonamides is 1. The summed E-state index contributed by atoms with van der Waals surface area (Å²) in [5.74, 6) is 0.322. The highest BCUT2D eigenvalue weighted by atomic mass is 32.2. The molecule has 32 heavy (non-hydrogen) atoms. The number of hydrogen-bond acceptors (Lipinski definition) is 4. The average molecular weight is 464 g/mol. The van der Waals surface area contributed by atoms with Gasteiger partial charge in [-0.3, -0.25) is 9.59 Å². The van der Waals surface area contributed by atoms with Crippen LogP contribution in [0.25, 0.3) is 0 Å². The third kappa shape index (κ3) is 5.52. The Bertz CT molecular complexity index is 965. The lowest BCUT2D eigenvalue weighted by molar-refractivity contribution is -0.128. The Labute approximate surface area is 192 Å². The van der Waals surface area contributed by atoms with Gasteiger partial charge in [-0.2, -0.15) is 0 Å². The molecule has 1 saturated carbocycles. The van der Waals surface area contributed by atoms with Crippen LogP contribution in [0.4, 0.5) is 5.69 Å². The number of nitrogens with zero attached hydrogens (tertiary/aromatic N) is 1. The number of amides is 2. The van der Waals surface area contributed by atoms with Gasteiger partial charge in [0.1, 0.15) is 0 Å². The number of nitrogens with one attached hydrogen (secondary N) is 2. The first-order chi connectivity index (χ1) is 14.9. The van der Waals surface area contributed by atoms with Gasteiger partial charge in [0.15, 0.2) is 0 Å². The predicted octanol–water partition coefficient (Wildman–Crippen LogP) is 3.37. The lowest BCUT2D eigenvalue weighted by Gasteiger charge is -2.31. The van der Waals surface area contributed by atoms with E-state index in [9.17, 15) is 18.0 Å². The van der Waals surface area contributed by atoms with E-state index in [1.54, 1.807) is 23.1 Å². The van der Waals surface area contributed by atoms with Crippen LogP contribution in [0.1, 0.15) is 72.3 Å². The van der Waals surface area contributed by atoms with Crippen LogP contribution in [0, 0.1) is 11.8 Å². The minimum absolute atomic E-state index is 0.0107. The second kappa shape index (κ2) is 9.51. The smallest absolute Gasteiger partial charge is 0.240 e. The van der Waals surface area contributed by atoms with Crippen molar-refractivity contribution in [3.63, 3.8) is 0 Å². The molecule has 1 aliphatic carbocycles. The molecular formula is C24H37N3O4S. The Hall–Kier alpha value is -1.93. The van der Waals surface area contributed by atoms with Crippen LogP contribution in [-0.2, 0) is 26.0 Å². The third-order valence-corrected chi connectivity index (χ3v) is 8.46. The van der Waals surface area contributed by atoms with Gasteiger partial charge in [-0.05, 0) is 89.0 Å². The molecule has 1 heterocycles. The Morgan fingerprint density at radius 2 is 1.81 bits per heavy atom. The fourth-order valence-corrected chi connectivity index (χ4v) is 5.88. The summed E-state index contributed by atoms with van der Waals surface area (Å²) < 4.78 is 28.5. The van der Waals surface area contributed by atoms with Crippen LogP contribution in [0.2, 0.25) is 0 Å². The highest BCUT2D eigenvalue weighted by molar-refractivity contribution is 7.89. The van der Waals surface area contributed by atoms with Crippen molar-refractivity contribution in [2.75, 3.05) is 11.4 Å². The summed E-state index contributed by atoms with van der Waals surface area (Å²) in [6, 6.07) is 5.03. The number of rotatable bonds is 7. The van der Waals surface area contributed by atoms with Crippen molar-refractivity contribution in [3.05, 3.63) is 23.8 Å². The number of carbonyl (C=O) groups is 2. The highest BCUT2D eigenvalue weighted by Crippen LogP contribution is 2.34. The van der Waals surface area contributed by atoms with Crippen molar-refractivity contribution in [3.8, 4) is 0 Å². The summed E-state index contributed by atoms with van der Waals surface area (Å²) in [5.41, 5.74) is 1.49. The van der Waals surface area contributed by atoms with Crippen LogP contribution >= 0.6 is 0 Å². The van der Waals surface area contributed by atoms with Crippen LogP contribution in [0.3, 0.4) is 0 Å². The van der Waals surface area contributed by atoms with Crippen molar-refractivity contribution in [1.29, 1.82) is 0 Å². The molecule has 0 saturated heterocycles. The van der Waals surface area contributed by atoms with Gasteiger partial charge in [-0.25, -0.2) is 13.1 Å². The van der Waals surface area contributed by atoms with E-state index >= 15 is 0 Å². The summed E-state index contributed by atoms with van der Waals surface area (Å²) in [6.45, 7) is 9.99. The number of carbonyl (C=O) groups excluding carboxylic acids is 2. The zero-order valence-electron chi connectivity index (χ0n) is 19.9. The molecule has 0 radical (unpaired) electrons. The van der Waals surface area contributed by atoms with Gasteiger partial charge in [0.05, 0.1) is 4.90 Å². The summed E-state index contributed by atoms with van der Waals surface area (Å²) >= 11 is 0. The van der Waals surface area contributed by atoms with Crippen molar-refractivity contribution in [2.45, 2.75) is 89.6 Å². The quantitative estimate of drug-likeness (QED) is 0.648. The topological polar surface area (TPSA) is 95.6 Å². The van der Waals surface area contributed by atoms with Gasteiger partial charge in [-0.1, -0.05) is 6.92 Å². The monoisotopic (exact) mass is 463 g/mol. The molecule has 7 nitrogen and oxygen atoms in total. The second-order valence-electron chi connectivity index (χ2n) is 10.0. The van der Waals surface area contributed by atoms with Crippen LogP contribution in [0.15, 0.2) is 23.1 Å². The van der Waals surface area contributed by atoms with Gasteiger partial charge in [0.2, 0.25) is 21.8 Å². The molecule has 2 amide bonds. The van der Waals surface area contributed by atoms with Gasteiger partial charge in [0, 0.05) is 36.7 Å². The first-order valence-corrected chi connectivity index (χ1v) is 13.2. The molecule has 1 aliphatic heterocycles. The molecule has 0 bridgehead atoms. The van der Waals surface area contributed by atoms with E-state index in [0.717, 1.165) is 43.4 Å². The van der Waals surface area contributed by atoms with E-state index in [-0.39, 0.29) is 40.1 Å². The standard InChI is InChI=1S/C24H37N3O4S/c1-6-24(4,5)26-23(29)19-9-7-18(8-10-19)15-25-32(30,31)21-11-12-22-20(14-21)13-16(2)27(22)17(3)28/h11-12,14,16,18-19,25H,6-10,13,15H2,1-5H3,(H,26,29)/t16-,18?,19?/m1/s1. The van der Waals surface area contributed by atoms with Gasteiger partial charge < -0.3 is 10.2 Å². The first-order valence-electron chi connectivity index (χ1n) is 11.7. The Balaban J connectivity index is 1.55. The van der Waals surface area contributed by atoms with Crippen molar-refractivity contribution in [2.24, 2.45) is 11.8 Å². The fourth-order valence-electron chi connectivity index (χ4n) is 4.72. The molecule has 2 N–H and O–H groups in total. The SMILES string of the molecule is CCC(C)(C)NC(=O)C1CCC(CNS(=O)(=O)c2ccc3c(c2)C[C@@H](C)N3C(C)=O)CC1. The molecule has 0 spiro atoms. The molecular weight excluding hydrogens is 426 g/mol. The normalized spacial score (nSPS) is 23.7. The Morgan fingerprint density at radius 1 is 1.16 bits per heavy atom. The number of hydrogen-bond donors (Lipinski definition) is 2. The van der Waals surface area contributed by atoms with Crippen LogP contribution < -0.4 is 14.9 Å². The summed E-state index contributed by atoms with van der Waals surface area (Å²) in [6.07, 6.45) is 4.78. The zero-order chi connectivity index (χ0) is 23.7. The molecule has 0 aromatic heterocycles. The summed E-state index contributed by atoms with van der Waals surface area (Å²) in [5, 5.41) is 3.13. The molecule has 1 aromatic carbocycles. The zero-order valence-corrected chi connectivity index (χ0v) is 20.7. The first kappa shape index (κ1) is 24.7. The largest absolute Gasteiger partial charge is 0.351 e.